The monoisotopic (exact) mass is 252 g/mol. The summed E-state index contributed by atoms with van der Waals surface area (Å²) in [6.07, 6.45) is 2.52. The second kappa shape index (κ2) is 4.67. The Morgan fingerprint density at radius 1 is 1.12 bits per heavy atom. The van der Waals surface area contributed by atoms with Gasteiger partial charge in [-0.15, -0.1) is 12.4 Å². The molecule has 0 bridgehead atoms. The maximum absolute atomic E-state index is 11.8. The molecular formula is C13H17ClN2O. The van der Waals surface area contributed by atoms with E-state index in [1.54, 1.807) is 0 Å². The fourth-order valence-corrected chi connectivity index (χ4v) is 2.94. The Morgan fingerprint density at radius 2 is 1.82 bits per heavy atom. The maximum atomic E-state index is 11.8. The molecule has 2 heterocycles. The van der Waals surface area contributed by atoms with E-state index in [1.165, 1.54) is 11.1 Å². The van der Waals surface area contributed by atoms with Crippen LogP contribution in [0, 0.1) is 0 Å². The lowest BCUT2D eigenvalue weighted by molar-refractivity contribution is -0.123. The molecule has 3 nitrogen and oxygen atoms in total. The van der Waals surface area contributed by atoms with Crippen LogP contribution in [0.25, 0.3) is 0 Å². The molecule has 1 spiro atoms. The molecule has 1 saturated heterocycles. The smallest absolute Gasteiger partial charge is 0.225 e. The first-order valence-electron chi connectivity index (χ1n) is 5.90. The van der Waals surface area contributed by atoms with Gasteiger partial charge in [-0.2, -0.15) is 0 Å². The zero-order valence-electron chi connectivity index (χ0n) is 9.66. The first kappa shape index (κ1) is 12.4. The van der Waals surface area contributed by atoms with Crippen LogP contribution in [0.3, 0.4) is 0 Å². The maximum Gasteiger partial charge on any atom is 0.225 e. The molecule has 17 heavy (non-hydrogen) atoms. The number of nitrogens with one attached hydrogen (secondary N) is 2. The molecule has 3 rings (SSSR count). The van der Waals surface area contributed by atoms with Gasteiger partial charge < -0.3 is 10.6 Å². The van der Waals surface area contributed by atoms with Gasteiger partial charge in [0.25, 0.3) is 0 Å². The van der Waals surface area contributed by atoms with Crippen LogP contribution in [-0.4, -0.2) is 19.0 Å². The minimum absolute atomic E-state index is 0. The van der Waals surface area contributed by atoms with E-state index in [1.807, 2.05) is 6.07 Å². The molecule has 0 aliphatic carbocycles. The molecule has 0 atom stereocenters. The molecule has 4 heteroatoms. The molecule has 1 aromatic rings. The van der Waals surface area contributed by atoms with E-state index in [-0.39, 0.29) is 23.9 Å². The molecule has 0 saturated carbocycles. The van der Waals surface area contributed by atoms with E-state index in [0.717, 1.165) is 25.9 Å². The van der Waals surface area contributed by atoms with Crippen LogP contribution in [0.2, 0.25) is 0 Å². The number of rotatable bonds is 0. The molecule has 1 amide bonds. The third kappa shape index (κ3) is 2.05. The molecule has 0 unspecified atom stereocenters. The van der Waals surface area contributed by atoms with Crippen molar-refractivity contribution >= 4 is 18.3 Å². The third-order valence-electron chi connectivity index (χ3n) is 3.72. The van der Waals surface area contributed by atoms with E-state index >= 15 is 0 Å². The van der Waals surface area contributed by atoms with Crippen LogP contribution in [0.15, 0.2) is 24.3 Å². The molecule has 2 N–H and O–H groups in total. The number of benzene rings is 1. The Bertz CT molecular complexity index is 427. The second-order valence-corrected chi connectivity index (χ2v) is 4.71. The SMILES string of the molecule is Cl.O=C1Cc2ccccc2C2(CCNCC2)N1. The summed E-state index contributed by atoms with van der Waals surface area (Å²) in [6.45, 7) is 1.96. The summed E-state index contributed by atoms with van der Waals surface area (Å²) in [7, 11) is 0. The normalized spacial score (nSPS) is 21.3. The highest BCUT2D eigenvalue weighted by Gasteiger charge is 2.39. The second-order valence-electron chi connectivity index (χ2n) is 4.71. The molecule has 0 aromatic heterocycles. The summed E-state index contributed by atoms with van der Waals surface area (Å²) < 4.78 is 0. The van der Waals surface area contributed by atoms with E-state index in [2.05, 4.69) is 28.8 Å². The lowest BCUT2D eigenvalue weighted by atomic mass is 9.76. The van der Waals surface area contributed by atoms with Gasteiger partial charge in [-0.1, -0.05) is 24.3 Å². The fourth-order valence-electron chi connectivity index (χ4n) is 2.94. The topological polar surface area (TPSA) is 41.1 Å². The van der Waals surface area contributed by atoms with Gasteiger partial charge in [0.15, 0.2) is 0 Å². The van der Waals surface area contributed by atoms with Crippen molar-refractivity contribution in [3.05, 3.63) is 35.4 Å². The molecule has 1 aromatic carbocycles. The van der Waals surface area contributed by atoms with Gasteiger partial charge in [-0.05, 0) is 37.1 Å². The van der Waals surface area contributed by atoms with Crippen molar-refractivity contribution < 1.29 is 4.79 Å². The van der Waals surface area contributed by atoms with Crippen LogP contribution in [0.4, 0.5) is 0 Å². The summed E-state index contributed by atoms with van der Waals surface area (Å²) in [6, 6.07) is 8.34. The average Bonchev–Trinajstić information content (AvgIpc) is 2.30. The predicted octanol–water partition coefficient (Wildman–Crippen LogP) is 1.36. The number of hydrogen-bond acceptors (Lipinski definition) is 2. The number of carbonyl (C=O) groups excluding carboxylic acids is 1. The highest BCUT2D eigenvalue weighted by molar-refractivity contribution is 5.85. The first-order chi connectivity index (χ1) is 7.80. The third-order valence-corrected chi connectivity index (χ3v) is 3.72. The Kier molecular flexibility index (Phi) is 3.40. The van der Waals surface area contributed by atoms with E-state index in [9.17, 15) is 4.79 Å². The zero-order chi connectivity index (χ0) is 11.0. The summed E-state index contributed by atoms with van der Waals surface area (Å²) in [5, 5.41) is 6.56. The standard InChI is InChI=1S/C13H16N2O.ClH/c16-12-9-10-3-1-2-4-11(10)13(15-12)5-7-14-8-6-13;/h1-4,14H,5-9H2,(H,15,16);1H. The van der Waals surface area contributed by atoms with Gasteiger partial charge in [0.05, 0.1) is 12.0 Å². The van der Waals surface area contributed by atoms with Crippen LogP contribution in [0.5, 0.6) is 0 Å². The van der Waals surface area contributed by atoms with Gasteiger partial charge >= 0.3 is 0 Å². The minimum Gasteiger partial charge on any atom is -0.346 e. The first-order valence-corrected chi connectivity index (χ1v) is 5.90. The largest absolute Gasteiger partial charge is 0.346 e. The van der Waals surface area contributed by atoms with Crippen LogP contribution >= 0.6 is 12.4 Å². The quantitative estimate of drug-likeness (QED) is 0.732. The van der Waals surface area contributed by atoms with Crippen molar-refractivity contribution in [3.63, 3.8) is 0 Å². The highest BCUT2D eigenvalue weighted by atomic mass is 35.5. The van der Waals surface area contributed by atoms with Crippen LogP contribution in [0.1, 0.15) is 24.0 Å². The Labute approximate surface area is 107 Å². The number of piperidine rings is 1. The van der Waals surface area contributed by atoms with Crippen molar-refractivity contribution in [2.24, 2.45) is 0 Å². The van der Waals surface area contributed by atoms with Crippen molar-refractivity contribution in [3.8, 4) is 0 Å². The van der Waals surface area contributed by atoms with Crippen molar-refractivity contribution in [1.82, 2.24) is 10.6 Å². The molecule has 2 aliphatic heterocycles. The van der Waals surface area contributed by atoms with Crippen molar-refractivity contribution in [2.75, 3.05) is 13.1 Å². The van der Waals surface area contributed by atoms with E-state index < -0.39 is 0 Å². The molecular weight excluding hydrogens is 236 g/mol. The Hall–Kier alpha value is -1.06. The van der Waals surface area contributed by atoms with Crippen LogP contribution in [-0.2, 0) is 16.8 Å². The minimum atomic E-state index is -0.100. The lowest BCUT2D eigenvalue weighted by Gasteiger charge is -2.42. The summed E-state index contributed by atoms with van der Waals surface area (Å²) in [5.41, 5.74) is 2.43. The van der Waals surface area contributed by atoms with Gasteiger partial charge in [-0.3, -0.25) is 4.79 Å². The summed E-state index contributed by atoms with van der Waals surface area (Å²) >= 11 is 0. The van der Waals surface area contributed by atoms with Gasteiger partial charge in [0.2, 0.25) is 5.91 Å². The Balaban J connectivity index is 0.00000108. The molecule has 2 aliphatic rings. The van der Waals surface area contributed by atoms with Crippen LogP contribution < -0.4 is 10.6 Å². The highest BCUT2D eigenvalue weighted by Crippen LogP contribution is 2.35. The number of halogens is 1. The molecule has 1 fully saturated rings. The molecule has 92 valence electrons. The predicted molar refractivity (Wildman–Crippen MR) is 69.3 cm³/mol. The number of carbonyl (C=O) groups is 1. The number of fused-ring (bicyclic) bond motifs is 2. The zero-order valence-corrected chi connectivity index (χ0v) is 10.5. The number of amides is 1. The van der Waals surface area contributed by atoms with Crippen molar-refractivity contribution in [2.45, 2.75) is 24.8 Å². The van der Waals surface area contributed by atoms with Gasteiger partial charge in [0.1, 0.15) is 0 Å². The summed E-state index contributed by atoms with van der Waals surface area (Å²) in [4.78, 5) is 11.8. The van der Waals surface area contributed by atoms with E-state index in [4.69, 9.17) is 0 Å². The van der Waals surface area contributed by atoms with Crippen molar-refractivity contribution in [1.29, 1.82) is 0 Å². The number of hydrogen-bond donors (Lipinski definition) is 2. The lowest BCUT2D eigenvalue weighted by Crippen LogP contribution is -2.55. The van der Waals surface area contributed by atoms with Gasteiger partial charge in [-0.25, -0.2) is 0 Å². The van der Waals surface area contributed by atoms with Gasteiger partial charge in [0, 0.05) is 0 Å². The van der Waals surface area contributed by atoms with E-state index in [0.29, 0.717) is 6.42 Å². The fraction of sp³-hybridized carbons (Fsp3) is 0.462. The average molecular weight is 253 g/mol. The summed E-state index contributed by atoms with van der Waals surface area (Å²) in [5.74, 6) is 0.167. The molecule has 0 radical (unpaired) electrons. The Morgan fingerprint density at radius 3 is 2.59 bits per heavy atom.